The van der Waals surface area contributed by atoms with Crippen LogP contribution in [0.25, 0.3) is 0 Å². The number of aliphatic carboxylic acids is 1. The van der Waals surface area contributed by atoms with Crippen LogP contribution in [-0.4, -0.2) is 47.5 Å². The normalized spacial score (nSPS) is 23.6. The Kier molecular flexibility index (Phi) is 9.74. The van der Waals surface area contributed by atoms with Gasteiger partial charge in [0.05, 0.1) is 18.8 Å². The van der Waals surface area contributed by atoms with Gasteiger partial charge in [-0.2, -0.15) is 0 Å². The first-order chi connectivity index (χ1) is 15.5. The van der Waals surface area contributed by atoms with Crippen LogP contribution < -0.4 is 10.6 Å². The van der Waals surface area contributed by atoms with Gasteiger partial charge in [-0.05, 0) is 49.4 Å². The van der Waals surface area contributed by atoms with E-state index in [9.17, 15) is 9.59 Å². The van der Waals surface area contributed by atoms with Crippen molar-refractivity contribution in [1.29, 1.82) is 0 Å². The molecule has 32 heavy (non-hydrogen) atoms. The van der Waals surface area contributed by atoms with E-state index in [2.05, 4.69) is 10.6 Å². The topological polar surface area (TPSA) is 96.9 Å². The highest BCUT2D eigenvalue weighted by molar-refractivity contribution is 7.80. The average Bonchev–Trinajstić information content (AvgIpc) is 3.39. The van der Waals surface area contributed by atoms with Gasteiger partial charge in [0.1, 0.15) is 6.61 Å². The van der Waals surface area contributed by atoms with Crippen molar-refractivity contribution in [2.45, 2.75) is 70.2 Å². The molecule has 4 atom stereocenters. The Bertz CT molecular complexity index is 760. The molecule has 3 N–H and O–H groups in total. The number of rotatable bonds is 13. The molecule has 1 amide bonds. The lowest BCUT2D eigenvalue weighted by Crippen LogP contribution is -2.42. The maximum Gasteiger partial charge on any atom is 0.303 e. The second kappa shape index (κ2) is 12.7. The molecular weight excluding hydrogens is 428 g/mol. The second-order valence-corrected chi connectivity index (χ2v) is 9.05. The number of carbonyl (C=O) groups excluding carboxylic acids is 1. The van der Waals surface area contributed by atoms with E-state index in [-0.39, 0.29) is 30.2 Å². The fourth-order valence-corrected chi connectivity index (χ4v) is 4.92. The number of carboxylic acids is 1. The molecule has 0 unspecified atom stereocenters. The van der Waals surface area contributed by atoms with Crippen molar-refractivity contribution >= 4 is 29.3 Å². The molecule has 0 saturated carbocycles. The maximum atomic E-state index is 12.3. The summed E-state index contributed by atoms with van der Waals surface area (Å²) in [5.74, 6) is -0.0130. The number of unbranched alkanes of at least 4 members (excludes halogenated alkanes) is 3. The SMILES string of the molecule is O=C(O)CCCCCC[C@@H]1[C@H](CNC(=O)CNC(=S)OCc2ccccc2)[C@@H]2CC[C@H]1O2. The molecule has 0 radical (unpaired) electrons. The number of ether oxygens (including phenoxy) is 2. The standard InChI is InChI=1S/C24H34N2O5S/c27-22(15-26-24(32)30-16-17-8-4-3-5-9-17)25-14-19-18(20-12-13-21(19)31-20)10-6-1-2-7-11-23(28)29/h3-5,8-9,18-21H,1-2,6-7,10-16H2,(H,25,27)(H,26,32)(H,28,29)/t18-,19+,20-,21+/m1/s1. The van der Waals surface area contributed by atoms with Crippen LogP contribution in [0.4, 0.5) is 0 Å². The zero-order valence-corrected chi connectivity index (χ0v) is 19.3. The van der Waals surface area contributed by atoms with Crippen LogP contribution in [0.3, 0.4) is 0 Å². The highest BCUT2D eigenvalue weighted by Crippen LogP contribution is 2.45. The van der Waals surface area contributed by atoms with Crippen LogP contribution in [0, 0.1) is 11.8 Å². The molecule has 0 spiro atoms. The molecule has 2 fully saturated rings. The Balaban J connectivity index is 1.31. The third kappa shape index (κ3) is 7.74. The van der Waals surface area contributed by atoms with Gasteiger partial charge in [0.15, 0.2) is 0 Å². The number of thiocarbonyl (C=S) groups is 1. The highest BCUT2D eigenvalue weighted by atomic mass is 32.1. The van der Waals surface area contributed by atoms with E-state index >= 15 is 0 Å². The maximum absolute atomic E-state index is 12.3. The average molecular weight is 463 g/mol. The van der Waals surface area contributed by atoms with Gasteiger partial charge in [-0.3, -0.25) is 9.59 Å². The summed E-state index contributed by atoms with van der Waals surface area (Å²) in [4.78, 5) is 22.9. The molecule has 2 bridgehead atoms. The lowest BCUT2D eigenvalue weighted by atomic mass is 9.76. The van der Waals surface area contributed by atoms with Gasteiger partial charge >= 0.3 is 5.97 Å². The summed E-state index contributed by atoms with van der Waals surface area (Å²) >= 11 is 5.15. The van der Waals surface area contributed by atoms with Gasteiger partial charge < -0.3 is 25.2 Å². The van der Waals surface area contributed by atoms with Gasteiger partial charge in [-0.15, -0.1) is 0 Å². The Morgan fingerprint density at radius 2 is 1.75 bits per heavy atom. The van der Waals surface area contributed by atoms with Crippen molar-refractivity contribution in [3.63, 3.8) is 0 Å². The number of hydrogen-bond acceptors (Lipinski definition) is 5. The van der Waals surface area contributed by atoms with Gasteiger partial charge in [0.2, 0.25) is 5.91 Å². The summed E-state index contributed by atoms with van der Waals surface area (Å²) in [7, 11) is 0. The lowest BCUT2D eigenvalue weighted by Gasteiger charge is -2.28. The zero-order chi connectivity index (χ0) is 22.8. The Morgan fingerprint density at radius 1 is 1.03 bits per heavy atom. The minimum Gasteiger partial charge on any atom is -0.481 e. The van der Waals surface area contributed by atoms with Crippen molar-refractivity contribution in [1.82, 2.24) is 10.6 Å². The molecule has 1 aromatic carbocycles. The Hall–Kier alpha value is -2.19. The minimum absolute atomic E-state index is 0.0868. The van der Waals surface area contributed by atoms with E-state index in [1.54, 1.807) is 0 Å². The molecule has 2 heterocycles. The first-order valence-electron chi connectivity index (χ1n) is 11.6. The molecule has 2 aliphatic heterocycles. The molecule has 0 aliphatic carbocycles. The largest absolute Gasteiger partial charge is 0.481 e. The summed E-state index contributed by atoms with van der Waals surface area (Å²) in [6.45, 7) is 1.07. The fourth-order valence-electron chi connectivity index (χ4n) is 4.78. The van der Waals surface area contributed by atoms with E-state index < -0.39 is 5.97 Å². The van der Waals surface area contributed by atoms with Gasteiger partial charge in [-0.25, -0.2) is 0 Å². The first kappa shape index (κ1) is 24.5. The number of amides is 1. The Morgan fingerprint density at radius 3 is 2.50 bits per heavy atom. The molecule has 2 saturated heterocycles. The van der Waals surface area contributed by atoms with Crippen LogP contribution in [0.15, 0.2) is 30.3 Å². The third-order valence-corrected chi connectivity index (χ3v) is 6.67. The van der Waals surface area contributed by atoms with Crippen molar-refractivity contribution in [3.8, 4) is 0 Å². The second-order valence-electron chi connectivity index (χ2n) is 8.68. The van der Waals surface area contributed by atoms with Gasteiger partial charge in [0, 0.05) is 18.9 Å². The van der Waals surface area contributed by atoms with Crippen molar-refractivity contribution in [2.24, 2.45) is 11.8 Å². The van der Waals surface area contributed by atoms with Crippen LogP contribution in [-0.2, 0) is 25.7 Å². The van der Waals surface area contributed by atoms with Gasteiger partial charge in [-0.1, -0.05) is 49.6 Å². The van der Waals surface area contributed by atoms with E-state index in [1.165, 1.54) is 0 Å². The molecule has 0 aromatic heterocycles. The summed E-state index contributed by atoms with van der Waals surface area (Å²) in [5, 5.41) is 14.8. The summed E-state index contributed by atoms with van der Waals surface area (Å²) in [5.41, 5.74) is 1.02. The molecule has 2 aliphatic rings. The van der Waals surface area contributed by atoms with E-state index in [1.807, 2.05) is 30.3 Å². The third-order valence-electron chi connectivity index (χ3n) is 6.41. The number of benzene rings is 1. The van der Waals surface area contributed by atoms with Crippen LogP contribution >= 0.6 is 12.2 Å². The van der Waals surface area contributed by atoms with E-state index in [0.717, 1.165) is 50.5 Å². The number of carboxylic acid groups (broad SMARTS) is 1. The highest BCUT2D eigenvalue weighted by Gasteiger charge is 2.48. The number of hydrogen-bond donors (Lipinski definition) is 3. The smallest absolute Gasteiger partial charge is 0.303 e. The summed E-state index contributed by atoms with van der Waals surface area (Å²) < 4.78 is 11.6. The lowest BCUT2D eigenvalue weighted by molar-refractivity contribution is -0.137. The van der Waals surface area contributed by atoms with Crippen molar-refractivity contribution in [2.75, 3.05) is 13.1 Å². The predicted octanol–water partition coefficient (Wildman–Crippen LogP) is 3.41. The molecule has 3 rings (SSSR count). The Labute approximate surface area is 195 Å². The first-order valence-corrected chi connectivity index (χ1v) is 12.0. The predicted molar refractivity (Wildman–Crippen MR) is 125 cm³/mol. The van der Waals surface area contributed by atoms with Crippen LogP contribution in [0.1, 0.15) is 56.9 Å². The van der Waals surface area contributed by atoms with Crippen molar-refractivity contribution < 1.29 is 24.2 Å². The monoisotopic (exact) mass is 462 g/mol. The zero-order valence-electron chi connectivity index (χ0n) is 18.5. The summed E-state index contributed by atoms with van der Waals surface area (Å²) in [6, 6.07) is 9.74. The molecule has 7 nitrogen and oxygen atoms in total. The number of carbonyl (C=O) groups is 2. The van der Waals surface area contributed by atoms with Gasteiger partial charge in [0.25, 0.3) is 5.17 Å². The van der Waals surface area contributed by atoms with Crippen LogP contribution in [0.2, 0.25) is 0 Å². The summed E-state index contributed by atoms with van der Waals surface area (Å²) in [6.07, 6.45) is 7.85. The number of fused-ring (bicyclic) bond motifs is 2. The van der Waals surface area contributed by atoms with E-state index in [4.69, 9.17) is 26.8 Å². The molecule has 176 valence electrons. The minimum atomic E-state index is -0.722. The van der Waals surface area contributed by atoms with Crippen molar-refractivity contribution in [3.05, 3.63) is 35.9 Å². The van der Waals surface area contributed by atoms with E-state index in [0.29, 0.717) is 31.1 Å². The van der Waals surface area contributed by atoms with Crippen LogP contribution in [0.5, 0.6) is 0 Å². The molecule has 8 heteroatoms. The molecule has 1 aromatic rings. The number of nitrogens with one attached hydrogen (secondary N) is 2. The molecular formula is C24H34N2O5S. The quantitative estimate of drug-likeness (QED) is 0.305. The fraction of sp³-hybridized carbons (Fsp3) is 0.625.